The topological polar surface area (TPSA) is 97.5 Å². The van der Waals surface area contributed by atoms with Crippen LogP contribution in [0.1, 0.15) is 20.8 Å². The van der Waals surface area contributed by atoms with Crippen molar-refractivity contribution < 1.29 is 13.9 Å². The van der Waals surface area contributed by atoms with Crippen molar-refractivity contribution in [1.82, 2.24) is 19.9 Å². The zero-order valence-electron chi connectivity index (χ0n) is 20.3. The van der Waals surface area contributed by atoms with Crippen LogP contribution in [0, 0.1) is 5.82 Å². The molecule has 4 aromatic rings. The number of pyridine rings is 1. The number of rotatable bonds is 2. The van der Waals surface area contributed by atoms with E-state index in [9.17, 15) is 9.18 Å². The summed E-state index contributed by atoms with van der Waals surface area (Å²) in [6, 6.07) is 9.99. The molecule has 0 saturated carbocycles. The molecule has 1 aliphatic heterocycles. The van der Waals surface area contributed by atoms with Gasteiger partial charge >= 0.3 is 6.09 Å². The number of hydrogen-bond donors (Lipinski definition) is 1. The molecule has 3 heterocycles. The zero-order chi connectivity index (χ0) is 25.6. The summed E-state index contributed by atoms with van der Waals surface area (Å²) in [6.45, 7) is 7.72. The smallest absolute Gasteiger partial charge is 0.410 e. The maximum atomic E-state index is 14.8. The summed E-state index contributed by atoms with van der Waals surface area (Å²) < 4.78 is 20.3. The van der Waals surface area contributed by atoms with Crippen LogP contribution in [0.25, 0.3) is 32.9 Å². The standard InChI is InChI=1S/C26H26ClFN6O2/c1-26(2,3)36-25(35)34-9-7-33(8-10-34)24-17-12-18(27)16(13-20(17)30-14-31-24)23-22-15(11-21(29)32-23)5-4-6-19(22)28/h4-6,11-14H,7-10H2,1-3H3,(H2,29,32). The summed E-state index contributed by atoms with van der Waals surface area (Å²) in [7, 11) is 0. The van der Waals surface area contributed by atoms with Crippen LogP contribution in [0.15, 0.2) is 42.7 Å². The third-order valence-corrected chi connectivity index (χ3v) is 6.33. The molecule has 0 unspecified atom stereocenters. The number of carbonyl (C=O) groups is 1. The average molecular weight is 509 g/mol. The number of nitrogens with zero attached hydrogens (tertiary/aromatic N) is 5. The molecule has 2 aromatic heterocycles. The van der Waals surface area contributed by atoms with Gasteiger partial charge in [0.25, 0.3) is 0 Å². The summed E-state index contributed by atoms with van der Waals surface area (Å²) in [5, 5.41) is 2.12. The molecule has 1 saturated heterocycles. The molecule has 1 fully saturated rings. The lowest BCUT2D eigenvalue weighted by molar-refractivity contribution is 0.0240. The third kappa shape index (κ3) is 4.58. The van der Waals surface area contributed by atoms with Gasteiger partial charge in [0.15, 0.2) is 0 Å². The Balaban J connectivity index is 1.49. The summed E-state index contributed by atoms with van der Waals surface area (Å²) >= 11 is 6.73. The molecule has 186 valence electrons. The van der Waals surface area contributed by atoms with Crippen LogP contribution in [-0.4, -0.2) is 57.7 Å². The molecule has 0 bridgehead atoms. The predicted octanol–water partition coefficient (Wildman–Crippen LogP) is 5.28. The molecular weight excluding hydrogens is 483 g/mol. The van der Waals surface area contributed by atoms with Gasteiger partial charge < -0.3 is 20.3 Å². The maximum absolute atomic E-state index is 14.8. The fourth-order valence-corrected chi connectivity index (χ4v) is 4.66. The maximum Gasteiger partial charge on any atom is 0.410 e. The Bertz CT molecular complexity index is 1480. The van der Waals surface area contributed by atoms with Gasteiger partial charge in [-0.15, -0.1) is 0 Å². The molecule has 0 radical (unpaired) electrons. The number of fused-ring (bicyclic) bond motifs is 2. The molecule has 0 aliphatic carbocycles. The first-order valence-electron chi connectivity index (χ1n) is 11.6. The van der Waals surface area contributed by atoms with Crippen molar-refractivity contribution in [3.8, 4) is 11.3 Å². The molecule has 1 aliphatic rings. The fourth-order valence-electron chi connectivity index (χ4n) is 4.41. The van der Waals surface area contributed by atoms with E-state index in [-0.39, 0.29) is 11.9 Å². The van der Waals surface area contributed by atoms with Gasteiger partial charge in [0.05, 0.1) is 16.2 Å². The second-order valence-corrected chi connectivity index (χ2v) is 10.1. The number of halogens is 2. The second-order valence-electron chi connectivity index (χ2n) is 9.73. The van der Waals surface area contributed by atoms with Crippen molar-refractivity contribution in [2.45, 2.75) is 26.4 Å². The highest BCUT2D eigenvalue weighted by Crippen LogP contribution is 2.38. The lowest BCUT2D eigenvalue weighted by Crippen LogP contribution is -2.50. The van der Waals surface area contributed by atoms with Crippen molar-refractivity contribution >= 4 is 51.0 Å². The third-order valence-electron chi connectivity index (χ3n) is 6.02. The number of anilines is 2. The van der Waals surface area contributed by atoms with Crippen molar-refractivity contribution in [2.24, 2.45) is 0 Å². The van der Waals surface area contributed by atoms with Gasteiger partial charge in [-0.2, -0.15) is 0 Å². The minimum Gasteiger partial charge on any atom is -0.444 e. The molecule has 2 aromatic carbocycles. The number of amides is 1. The van der Waals surface area contributed by atoms with E-state index in [0.29, 0.717) is 64.6 Å². The average Bonchev–Trinajstić information content (AvgIpc) is 2.82. The van der Waals surface area contributed by atoms with Crippen LogP contribution < -0.4 is 10.6 Å². The Morgan fingerprint density at radius 2 is 1.86 bits per heavy atom. The number of nitrogens with two attached hydrogens (primary N) is 1. The summed E-state index contributed by atoms with van der Waals surface area (Å²) in [5.41, 5.74) is 7.01. The fraction of sp³-hybridized carbons (Fsp3) is 0.308. The van der Waals surface area contributed by atoms with Crippen molar-refractivity contribution in [1.29, 1.82) is 0 Å². The molecule has 2 N–H and O–H groups in total. The number of aromatic nitrogens is 3. The summed E-state index contributed by atoms with van der Waals surface area (Å²) in [4.78, 5) is 29.6. The number of nitrogen functional groups attached to an aromatic ring is 1. The molecule has 10 heteroatoms. The van der Waals surface area contributed by atoms with Gasteiger partial charge in [0.2, 0.25) is 0 Å². The van der Waals surface area contributed by atoms with E-state index in [0.717, 1.165) is 5.39 Å². The van der Waals surface area contributed by atoms with Crippen molar-refractivity contribution in [2.75, 3.05) is 36.8 Å². The van der Waals surface area contributed by atoms with Crippen LogP contribution >= 0.6 is 11.6 Å². The van der Waals surface area contributed by atoms with Crippen molar-refractivity contribution in [3.63, 3.8) is 0 Å². The first-order chi connectivity index (χ1) is 17.1. The van der Waals surface area contributed by atoms with Crippen LogP contribution in [-0.2, 0) is 4.74 Å². The molecule has 36 heavy (non-hydrogen) atoms. The first-order valence-corrected chi connectivity index (χ1v) is 12.0. The highest BCUT2D eigenvalue weighted by atomic mass is 35.5. The molecule has 5 rings (SSSR count). The van der Waals surface area contributed by atoms with Crippen molar-refractivity contribution in [3.05, 3.63) is 53.6 Å². The minimum absolute atomic E-state index is 0.269. The van der Waals surface area contributed by atoms with E-state index in [4.69, 9.17) is 22.1 Å². The highest BCUT2D eigenvalue weighted by molar-refractivity contribution is 6.34. The number of benzene rings is 2. The number of ether oxygens (including phenoxy) is 1. The Labute approximate surface area is 212 Å². The predicted molar refractivity (Wildman–Crippen MR) is 140 cm³/mol. The second kappa shape index (κ2) is 9.05. The number of carbonyl (C=O) groups excluding carboxylic acids is 1. The van der Waals surface area contributed by atoms with Crippen LogP contribution in [0.5, 0.6) is 0 Å². The Morgan fingerprint density at radius 1 is 1.11 bits per heavy atom. The first kappa shape index (κ1) is 24.0. The van der Waals surface area contributed by atoms with E-state index in [1.54, 1.807) is 35.2 Å². The van der Waals surface area contributed by atoms with E-state index >= 15 is 0 Å². The minimum atomic E-state index is -0.544. The van der Waals surface area contributed by atoms with Gasteiger partial charge in [-0.3, -0.25) is 0 Å². The number of hydrogen-bond acceptors (Lipinski definition) is 7. The summed E-state index contributed by atoms with van der Waals surface area (Å²) in [5.74, 6) is 0.580. The molecule has 8 nitrogen and oxygen atoms in total. The van der Waals surface area contributed by atoms with Crippen LogP contribution in [0.2, 0.25) is 5.02 Å². The lowest BCUT2D eigenvalue weighted by atomic mass is 10.0. The van der Waals surface area contributed by atoms with Gasteiger partial charge in [0, 0.05) is 42.5 Å². The Kier molecular flexibility index (Phi) is 6.04. The van der Waals surface area contributed by atoms with Gasteiger partial charge in [-0.05, 0) is 50.4 Å². The van der Waals surface area contributed by atoms with E-state index in [1.165, 1.54) is 12.4 Å². The number of piperazine rings is 1. The Morgan fingerprint density at radius 3 is 2.58 bits per heavy atom. The van der Waals surface area contributed by atoms with Crippen LogP contribution in [0.4, 0.5) is 20.8 Å². The Hall–Kier alpha value is -3.72. The molecular formula is C26H26ClFN6O2. The zero-order valence-corrected chi connectivity index (χ0v) is 21.0. The van der Waals surface area contributed by atoms with Gasteiger partial charge in [-0.1, -0.05) is 23.7 Å². The highest BCUT2D eigenvalue weighted by Gasteiger charge is 2.27. The van der Waals surface area contributed by atoms with E-state index in [1.807, 2.05) is 20.8 Å². The van der Waals surface area contributed by atoms with Gasteiger partial charge in [0.1, 0.15) is 29.4 Å². The quantitative estimate of drug-likeness (QED) is 0.393. The molecule has 0 spiro atoms. The lowest BCUT2D eigenvalue weighted by Gasteiger charge is -2.36. The monoisotopic (exact) mass is 508 g/mol. The van der Waals surface area contributed by atoms with E-state index in [2.05, 4.69) is 19.9 Å². The SMILES string of the molecule is CC(C)(C)OC(=O)N1CCN(c2ncnc3cc(-c4nc(N)cc5cccc(F)c45)c(Cl)cc23)CC1. The largest absolute Gasteiger partial charge is 0.444 e. The summed E-state index contributed by atoms with van der Waals surface area (Å²) in [6.07, 6.45) is 1.16. The van der Waals surface area contributed by atoms with Gasteiger partial charge in [-0.25, -0.2) is 24.1 Å². The van der Waals surface area contributed by atoms with E-state index < -0.39 is 11.4 Å². The molecule has 1 amide bonds. The molecule has 0 atom stereocenters. The van der Waals surface area contributed by atoms with Crippen LogP contribution in [0.3, 0.4) is 0 Å². The normalized spacial score (nSPS) is 14.5.